The Morgan fingerprint density at radius 1 is 1.04 bits per heavy atom. The molecule has 27 heteroatoms. The van der Waals surface area contributed by atoms with Gasteiger partial charge in [-0.15, -0.1) is 0 Å². The van der Waals surface area contributed by atoms with E-state index in [4.69, 9.17) is 14.6 Å². The van der Waals surface area contributed by atoms with Crippen LogP contribution in [0.25, 0.3) is 11.2 Å². The average molecular weight is 745 g/mol. The van der Waals surface area contributed by atoms with Crippen molar-refractivity contribution < 1.29 is 90.4 Å². The number of rotatable bonds is 13. The summed E-state index contributed by atoms with van der Waals surface area (Å²) in [7, 11) is -16.7. The minimum atomic E-state index is -5.76. The predicted molar refractivity (Wildman–Crippen MR) is 145 cm³/mol. The molecule has 0 aromatic carbocycles. The summed E-state index contributed by atoms with van der Waals surface area (Å²) in [5.74, 6) is -1.30. The van der Waals surface area contributed by atoms with Crippen molar-refractivity contribution >= 4 is 40.6 Å². The fourth-order valence-corrected chi connectivity index (χ4v) is 7.40. The van der Waals surface area contributed by atoms with Gasteiger partial charge < -0.3 is 59.0 Å². The topological polar surface area (TPSA) is 356 Å². The van der Waals surface area contributed by atoms with E-state index >= 15 is 0 Å². The van der Waals surface area contributed by atoms with Crippen LogP contribution in [-0.2, 0) is 41.1 Å². The lowest BCUT2D eigenvalue weighted by atomic mass is 10.1. The first-order valence-electron chi connectivity index (χ1n) is 13.2. The van der Waals surface area contributed by atoms with Gasteiger partial charge in [0, 0.05) is 6.07 Å². The highest BCUT2D eigenvalue weighted by atomic mass is 31.3. The molecule has 2 aliphatic rings. The molecule has 2 unspecified atom stereocenters. The van der Waals surface area contributed by atoms with Gasteiger partial charge in [0.2, 0.25) is 0 Å². The molecule has 8 N–H and O–H groups in total. The Morgan fingerprint density at radius 2 is 1.73 bits per heavy atom. The number of carbonyl (C=O) groups is 1. The standard InChI is InChI=1S/C21H26N5O19P3/c27-13-10(42-19(15(13)29)25-3-1-2-9(4-25)21(31)32)5-40-47(36,37)45-48(38,39)41-6-11-14(28)16(44-46(33,34)35)20(43-11)26-8-24-12-17(26)22-7-23-18(12)30/h1-4,7-8,10-11,13-16,19-20,27-29H,5-6H2,(H5-,22,23,30,31,32,33,34,35,36,37,38,39)/t10-,11-,13-,14-,15-,16-,19-,20-/m1/s1. The van der Waals surface area contributed by atoms with Crippen LogP contribution in [0.1, 0.15) is 22.8 Å². The zero-order valence-corrected chi connectivity index (χ0v) is 26.3. The number of phosphoric acid groups is 3. The monoisotopic (exact) mass is 745 g/mol. The summed E-state index contributed by atoms with van der Waals surface area (Å²) in [5, 5.41) is 40.5. The number of nitrogens with one attached hydrogen (secondary N) is 1. The largest absolute Gasteiger partial charge is 0.756 e. The van der Waals surface area contributed by atoms with Gasteiger partial charge in [-0.1, -0.05) is 0 Å². The number of aromatic carboxylic acids is 1. The van der Waals surface area contributed by atoms with E-state index in [1.54, 1.807) is 0 Å². The highest BCUT2D eigenvalue weighted by molar-refractivity contribution is 7.60. The summed E-state index contributed by atoms with van der Waals surface area (Å²) >= 11 is 0. The Kier molecular flexibility index (Phi) is 10.5. The third-order valence-electron chi connectivity index (χ3n) is 6.91. The molecule has 264 valence electrons. The third kappa shape index (κ3) is 8.12. The number of imidazole rings is 1. The van der Waals surface area contributed by atoms with Crippen molar-refractivity contribution in [3.8, 4) is 0 Å². The molecule has 0 radical (unpaired) electrons. The molecule has 0 aliphatic carbocycles. The van der Waals surface area contributed by atoms with Crippen LogP contribution in [0.15, 0.2) is 42.0 Å². The van der Waals surface area contributed by atoms with Crippen LogP contribution in [0.3, 0.4) is 0 Å². The third-order valence-corrected chi connectivity index (χ3v) is 10.00. The molecule has 5 rings (SSSR count). The molecule has 3 aromatic rings. The van der Waals surface area contributed by atoms with Gasteiger partial charge in [-0.2, -0.15) is 4.57 Å². The van der Waals surface area contributed by atoms with E-state index in [1.807, 2.05) is 0 Å². The van der Waals surface area contributed by atoms with Crippen LogP contribution in [-0.4, -0.2) is 110 Å². The number of phosphoric ester groups is 3. The first kappa shape index (κ1) is 36.4. The molecule has 2 saturated heterocycles. The number of hydrogen-bond acceptors (Lipinski definition) is 17. The summed E-state index contributed by atoms with van der Waals surface area (Å²) < 4.78 is 67.3. The molecule has 2 fully saturated rings. The lowest BCUT2D eigenvalue weighted by Gasteiger charge is -2.26. The Morgan fingerprint density at radius 3 is 2.42 bits per heavy atom. The van der Waals surface area contributed by atoms with Crippen LogP contribution in [0.5, 0.6) is 0 Å². The second-order valence-electron chi connectivity index (χ2n) is 10.2. The van der Waals surface area contributed by atoms with Crippen LogP contribution >= 0.6 is 23.5 Å². The van der Waals surface area contributed by atoms with Crippen molar-refractivity contribution in [1.82, 2.24) is 19.5 Å². The molecular formula is C21H26N5O19P3. The summed E-state index contributed by atoms with van der Waals surface area (Å²) in [5.41, 5.74) is -1.28. The fourth-order valence-electron chi connectivity index (χ4n) is 4.80. The van der Waals surface area contributed by atoms with Gasteiger partial charge in [0.05, 0.1) is 25.9 Å². The van der Waals surface area contributed by atoms with Crippen molar-refractivity contribution in [2.24, 2.45) is 0 Å². The number of H-pyrrole nitrogens is 1. The molecule has 0 saturated carbocycles. The number of aliphatic hydroxyl groups excluding tert-OH is 3. The molecule has 3 aromatic heterocycles. The number of pyridine rings is 1. The molecule has 48 heavy (non-hydrogen) atoms. The van der Waals surface area contributed by atoms with E-state index in [-0.39, 0.29) is 16.7 Å². The summed E-state index contributed by atoms with van der Waals surface area (Å²) in [6, 6.07) is 2.56. The molecule has 0 amide bonds. The summed E-state index contributed by atoms with van der Waals surface area (Å²) in [6.07, 6.45) is -9.38. The maximum absolute atomic E-state index is 12.5. The molecule has 2 aliphatic heterocycles. The van der Waals surface area contributed by atoms with Crippen LogP contribution in [0.2, 0.25) is 0 Å². The quantitative estimate of drug-likeness (QED) is 0.0630. The average Bonchev–Trinajstić information content (AvgIpc) is 3.64. The molecule has 24 nitrogen and oxygen atoms in total. The van der Waals surface area contributed by atoms with Gasteiger partial charge in [0.25, 0.3) is 19.6 Å². The first-order valence-corrected chi connectivity index (χ1v) is 17.7. The Hall–Kier alpha value is -2.86. The Bertz CT molecular complexity index is 1870. The van der Waals surface area contributed by atoms with E-state index < -0.39 is 97.3 Å². The zero-order valence-electron chi connectivity index (χ0n) is 23.7. The smallest absolute Gasteiger partial charge is 0.478 e. The normalized spacial score (nSPS) is 30.3. The highest BCUT2D eigenvalue weighted by Crippen LogP contribution is 2.58. The van der Waals surface area contributed by atoms with Crippen molar-refractivity contribution in [3.63, 3.8) is 0 Å². The number of carboxylic acids is 1. The molecule has 0 spiro atoms. The van der Waals surface area contributed by atoms with Gasteiger partial charge >= 0.3 is 21.6 Å². The Labute approximate surface area is 266 Å². The Balaban J connectivity index is 1.21. The van der Waals surface area contributed by atoms with Gasteiger partial charge in [-0.25, -0.2) is 28.2 Å². The van der Waals surface area contributed by atoms with Gasteiger partial charge in [-0.05, 0) is 6.07 Å². The van der Waals surface area contributed by atoms with Crippen molar-refractivity contribution in [2.45, 2.75) is 49.1 Å². The number of aromatic nitrogens is 5. The van der Waals surface area contributed by atoms with Gasteiger partial charge in [0.15, 0.2) is 35.9 Å². The summed E-state index contributed by atoms with van der Waals surface area (Å²) in [4.78, 5) is 74.3. The first-order chi connectivity index (χ1) is 22.4. The van der Waals surface area contributed by atoms with Crippen molar-refractivity contribution in [2.75, 3.05) is 13.2 Å². The fraction of sp³-hybridized carbons (Fsp3) is 0.476. The number of aliphatic hydroxyl groups is 3. The highest BCUT2D eigenvalue weighted by Gasteiger charge is 2.51. The molecule has 5 heterocycles. The SMILES string of the molecule is O=C(O)c1ccc[n+]([C@@H]2O[C@H](COP(=O)([O-])OP(=O)(O)OC[C@H]3O[C@@H](n4cnc5c(=O)[nH]cnc54)[C@H](OP(=O)(O)O)[C@@H]3O)[C@@H](O)[C@H]2O)c1. The zero-order chi connectivity index (χ0) is 35.2. The van der Waals surface area contributed by atoms with E-state index in [0.717, 1.165) is 28.0 Å². The molecule has 0 bridgehead atoms. The van der Waals surface area contributed by atoms with E-state index in [1.165, 1.54) is 18.3 Å². The van der Waals surface area contributed by atoms with E-state index in [9.17, 15) is 58.2 Å². The maximum atomic E-state index is 12.5. The van der Waals surface area contributed by atoms with Gasteiger partial charge in [-0.3, -0.25) is 23.0 Å². The summed E-state index contributed by atoms with van der Waals surface area (Å²) in [6.45, 7) is -2.20. The van der Waals surface area contributed by atoms with Crippen LogP contribution < -0.4 is 15.0 Å². The second-order valence-corrected chi connectivity index (χ2v) is 14.3. The van der Waals surface area contributed by atoms with Crippen LogP contribution in [0.4, 0.5) is 0 Å². The second kappa shape index (κ2) is 13.8. The number of ether oxygens (including phenoxy) is 2. The van der Waals surface area contributed by atoms with Crippen LogP contribution in [0, 0.1) is 0 Å². The molecular weight excluding hydrogens is 719 g/mol. The van der Waals surface area contributed by atoms with Crippen molar-refractivity contribution in [1.29, 1.82) is 0 Å². The number of carboxylic acid groups (broad SMARTS) is 1. The van der Waals surface area contributed by atoms with Gasteiger partial charge in [0.1, 0.15) is 36.1 Å². The molecule has 10 atom stereocenters. The minimum absolute atomic E-state index is 0.167. The lowest BCUT2D eigenvalue weighted by molar-refractivity contribution is -0.765. The number of fused-ring (bicyclic) bond motifs is 1. The number of hydrogen-bond donors (Lipinski definition) is 8. The predicted octanol–water partition coefficient (Wildman–Crippen LogP) is -3.22. The number of nitrogens with zero attached hydrogens (tertiary/aromatic N) is 4. The van der Waals surface area contributed by atoms with Crippen molar-refractivity contribution in [3.05, 3.63) is 53.1 Å². The lowest BCUT2D eigenvalue weighted by Crippen LogP contribution is -2.46. The minimum Gasteiger partial charge on any atom is -0.756 e. The van der Waals surface area contributed by atoms with E-state index in [0.29, 0.717) is 0 Å². The van der Waals surface area contributed by atoms with E-state index in [2.05, 4.69) is 32.8 Å². The maximum Gasteiger partial charge on any atom is 0.478 e. The number of aromatic amines is 1.